The van der Waals surface area contributed by atoms with Gasteiger partial charge in [0.15, 0.2) is 0 Å². The van der Waals surface area contributed by atoms with Gasteiger partial charge in [0.1, 0.15) is 6.10 Å². The fourth-order valence-corrected chi connectivity index (χ4v) is 9.52. The van der Waals surface area contributed by atoms with Gasteiger partial charge in [0, 0.05) is 19.4 Å². The Labute approximate surface area is 220 Å². The maximum Gasteiger partial charge on any atom is 0.302 e. The van der Waals surface area contributed by atoms with Gasteiger partial charge in [-0.1, -0.05) is 58.4 Å². The number of hydrogen-bond donors (Lipinski definition) is 1. The van der Waals surface area contributed by atoms with Gasteiger partial charge in [-0.25, -0.2) is 0 Å². The van der Waals surface area contributed by atoms with Gasteiger partial charge < -0.3 is 14.6 Å². The molecule has 0 aliphatic heterocycles. The Kier molecular flexibility index (Phi) is 7.41. The Hall–Kier alpha value is -1.13. The van der Waals surface area contributed by atoms with Crippen LogP contribution in [-0.2, 0) is 14.3 Å². The van der Waals surface area contributed by atoms with E-state index in [1.54, 1.807) is 0 Å². The number of carbonyl (C=O) groups excluding carboxylic acids is 1. The smallest absolute Gasteiger partial charge is 0.302 e. The molecule has 0 aromatic rings. The first-order chi connectivity index (χ1) is 16.7. The van der Waals surface area contributed by atoms with Crippen molar-refractivity contribution in [3.63, 3.8) is 0 Å². The van der Waals surface area contributed by atoms with Gasteiger partial charge in [-0.3, -0.25) is 4.79 Å². The minimum absolute atomic E-state index is 0.0512. The lowest BCUT2D eigenvalue weighted by atomic mass is 9.43. The largest absolute Gasteiger partial charge is 0.462 e. The molecule has 0 spiro atoms. The highest BCUT2D eigenvalue weighted by molar-refractivity contribution is 5.66. The van der Waals surface area contributed by atoms with Crippen LogP contribution in [0.5, 0.6) is 0 Å². The lowest BCUT2D eigenvalue weighted by Crippen LogP contribution is -2.58. The first-order valence-electron chi connectivity index (χ1n) is 14.5. The number of carbonyl (C=O) groups is 1. The van der Waals surface area contributed by atoms with Crippen molar-refractivity contribution in [2.75, 3.05) is 7.11 Å². The van der Waals surface area contributed by atoms with Crippen molar-refractivity contribution in [3.05, 3.63) is 23.8 Å². The molecule has 4 aliphatic rings. The second kappa shape index (κ2) is 9.56. The van der Waals surface area contributed by atoms with E-state index in [-0.39, 0.29) is 29.0 Å². The Bertz CT molecular complexity index is 894. The molecule has 4 heteroatoms. The third-order valence-corrected chi connectivity index (χ3v) is 11.5. The Morgan fingerprint density at radius 3 is 2.42 bits per heavy atom. The summed E-state index contributed by atoms with van der Waals surface area (Å²) in [6.07, 6.45) is 14.9. The Morgan fingerprint density at radius 1 is 1.14 bits per heavy atom. The van der Waals surface area contributed by atoms with Gasteiger partial charge >= 0.3 is 5.97 Å². The molecule has 0 aromatic heterocycles. The summed E-state index contributed by atoms with van der Waals surface area (Å²) in [5.41, 5.74) is 1.11. The third kappa shape index (κ3) is 4.53. The van der Waals surface area contributed by atoms with E-state index in [4.69, 9.17) is 9.47 Å². The Morgan fingerprint density at radius 2 is 1.81 bits per heavy atom. The standard InChI is InChI=1S/C32H52O4/c1-20(11-10-16-29(3,4)34)24-15-18-32(8)28-23(14-17-31(24,32)7)22-12-13-27(36-21(2)33)30(5,6)25(22)19-26(28)35-9/h10,16,19-20,22-24,26-28,34H,11-15,17-18H2,1-9H3/b16-10+/t20-,22-,23-,24-,26+,27+,28+,31-,32+/m1/s1. The molecular weight excluding hydrogens is 448 g/mol. The topological polar surface area (TPSA) is 55.8 Å². The van der Waals surface area contributed by atoms with Crippen LogP contribution >= 0.6 is 0 Å². The molecule has 3 saturated carbocycles. The number of ether oxygens (including phenoxy) is 2. The van der Waals surface area contributed by atoms with E-state index in [0.717, 1.165) is 19.3 Å². The van der Waals surface area contributed by atoms with Crippen molar-refractivity contribution < 1.29 is 19.4 Å². The number of hydrogen-bond acceptors (Lipinski definition) is 4. The fourth-order valence-electron chi connectivity index (χ4n) is 9.52. The minimum atomic E-state index is -0.744. The number of rotatable bonds is 6. The number of aliphatic hydroxyl groups is 1. The zero-order valence-electron chi connectivity index (χ0n) is 24.4. The zero-order valence-corrected chi connectivity index (χ0v) is 24.4. The van der Waals surface area contributed by atoms with E-state index in [0.29, 0.717) is 35.0 Å². The number of esters is 1. The van der Waals surface area contributed by atoms with Gasteiger partial charge in [-0.2, -0.15) is 0 Å². The number of fused-ring (bicyclic) bond motifs is 5. The highest BCUT2D eigenvalue weighted by atomic mass is 16.5. The summed E-state index contributed by atoms with van der Waals surface area (Å²) in [5.74, 6) is 2.84. The monoisotopic (exact) mass is 500 g/mol. The molecule has 0 radical (unpaired) electrons. The summed E-state index contributed by atoms with van der Waals surface area (Å²) in [6.45, 7) is 17.4. The predicted molar refractivity (Wildman–Crippen MR) is 145 cm³/mol. The van der Waals surface area contributed by atoms with Crippen molar-refractivity contribution in [1.29, 1.82) is 0 Å². The molecule has 36 heavy (non-hydrogen) atoms. The van der Waals surface area contributed by atoms with Gasteiger partial charge in [-0.05, 0) is 99.2 Å². The molecule has 0 unspecified atom stereocenters. The van der Waals surface area contributed by atoms with Crippen LogP contribution in [0.1, 0.15) is 100 Å². The minimum Gasteiger partial charge on any atom is -0.462 e. The van der Waals surface area contributed by atoms with Crippen LogP contribution in [0.15, 0.2) is 23.8 Å². The summed E-state index contributed by atoms with van der Waals surface area (Å²) in [5, 5.41) is 10.1. The van der Waals surface area contributed by atoms with Crippen LogP contribution in [-0.4, -0.2) is 36.0 Å². The fraction of sp³-hybridized carbons (Fsp3) is 0.844. The molecular formula is C32H52O4. The van der Waals surface area contributed by atoms with Gasteiger partial charge in [0.2, 0.25) is 0 Å². The van der Waals surface area contributed by atoms with Crippen molar-refractivity contribution >= 4 is 5.97 Å². The molecule has 4 rings (SSSR count). The second-order valence-electron chi connectivity index (χ2n) is 14.3. The predicted octanol–water partition coefficient (Wildman–Crippen LogP) is 7.11. The van der Waals surface area contributed by atoms with Crippen molar-refractivity contribution in [2.24, 2.45) is 45.8 Å². The van der Waals surface area contributed by atoms with Crippen LogP contribution in [0.25, 0.3) is 0 Å². The van der Waals surface area contributed by atoms with E-state index in [9.17, 15) is 9.90 Å². The van der Waals surface area contributed by atoms with Gasteiger partial charge in [0.05, 0.1) is 11.7 Å². The SMILES string of the molecule is CO[C@H]1C=C2[C@H](CC[C@H](OC(C)=O)C2(C)C)[C@H]2CC[C@]3(C)[C@@H]([C@H](C)C/C=C/C(C)(C)O)CC[C@@]3(C)[C@@H]21. The summed E-state index contributed by atoms with van der Waals surface area (Å²) >= 11 is 0. The first-order valence-corrected chi connectivity index (χ1v) is 14.5. The van der Waals surface area contributed by atoms with E-state index < -0.39 is 5.60 Å². The normalized spacial score (nSPS) is 42.8. The number of methoxy groups -OCH3 is 1. The van der Waals surface area contributed by atoms with Crippen LogP contribution in [0, 0.1) is 45.8 Å². The van der Waals surface area contributed by atoms with E-state index in [1.165, 1.54) is 38.2 Å². The van der Waals surface area contributed by atoms with Crippen LogP contribution in [0.2, 0.25) is 0 Å². The average molecular weight is 501 g/mol. The van der Waals surface area contributed by atoms with E-state index in [1.807, 2.05) is 27.0 Å². The van der Waals surface area contributed by atoms with Gasteiger partial charge in [-0.15, -0.1) is 0 Å². The third-order valence-electron chi connectivity index (χ3n) is 11.5. The first kappa shape index (κ1) is 27.9. The zero-order chi connectivity index (χ0) is 26.7. The van der Waals surface area contributed by atoms with Crippen LogP contribution < -0.4 is 0 Å². The molecule has 4 nitrogen and oxygen atoms in total. The molecule has 0 aromatic carbocycles. The number of allylic oxidation sites excluding steroid dienone is 1. The second-order valence-corrected chi connectivity index (χ2v) is 14.3. The molecule has 204 valence electrons. The maximum atomic E-state index is 11.8. The summed E-state index contributed by atoms with van der Waals surface area (Å²) < 4.78 is 12.1. The summed E-state index contributed by atoms with van der Waals surface area (Å²) in [4.78, 5) is 11.8. The molecule has 3 fully saturated rings. The van der Waals surface area contributed by atoms with E-state index >= 15 is 0 Å². The van der Waals surface area contributed by atoms with Crippen molar-refractivity contribution in [3.8, 4) is 0 Å². The molecule has 4 aliphatic carbocycles. The highest BCUT2D eigenvalue weighted by Gasteiger charge is 2.66. The molecule has 0 heterocycles. The lowest BCUT2D eigenvalue weighted by molar-refractivity contribution is -0.160. The summed E-state index contributed by atoms with van der Waals surface area (Å²) in [6, 6.07) is 0. The maximum absolute atomic E-state index is 11.8. The molecule has 0 saturated heterocycles. The Balaban J connectivity index is 1.63. The van der Waals surface area contributed by atoms with Crippen LogP contribution in [0.4, 0.5) is 0 Å². The average Bonchev–Trinajstić information content (AvgIpc) is 3.05. The molecule has 1 N–H and O–H groups in total. The quantitative estimate of drug-likeness (QED) is 0.312. The van der Waals surface area contributed by atoms with E-state index in [2.05, 4.69) is 46.8 Å². The van der Waals surface area contributed by atoms with Crippen LogP contribution in [0.3, 0.4) is 0 Å². The lowest BCUT2D eigenvalue weighted by Gasteiger charge is -2.62. The highest BCUT2D eigenvalue weighted by Crippen LogP contribution is 2.71. The molecule has 0 bridgehead atoms. The van der Waals surface area contributed by atoms with Gasteiger partial charge in [0.25, 0.3) is 0 Å². The summed E-state index contributed by atoms with van der Waals surface area (Å²) in [7, 11) is 1.89. The van der Waals surface area contributed by atoms with Crippen molar-refractivity contribution in [2.45, 2.75) is 118 Å². The molecule has 0 amide bonds. The van der Waals surface area contributed by atoms with Crippen molar-refractivity contribution in [1.82, 2.24) is 0 Å². The molecule has 9 atom stereocenters.